The van der Waals surface area contributed by atoms with Crippen molar-refractivity contribution in [2.75, 3.05) is 46.1 Å². The first-order chi connectivity index (χ1) is 24.3. The standard InChI is InChI=1S/C40H82N4O6/c1-3-5-7-9-11-13-15-17-19-21-23-25-30-49-34-36(45)32-44(38(39(47)48)28-27-29-43-40(41)42)33-37(46)35-50-31-26-24-22-20-18-16-14-12-10-8-6-4-2/h36-38,45-46H,3-35H2,1-2H3,(H,47,48)(H4,41,42,43)/t36?,37?,38-/m0/s1. The van der Waals surface area contributed by atoms with Crippen molar-refractivity contribution in [1.82, 2.24) is 4.90 Å². The Labute approximate surface area is 307 Å². The molecule has 0 bridgehead atoms. The monoisotopic (exact) mass is 715 g/mol. The summed E-state index contributed by atoms with van der Waals surface area (Å²) in [6.45, 7) is 6.38. The van der Waals surface area contributed by atoms with Crippen LogP contribution >= 0.6 is 0 Å². The largest absolute Gasteiger partial charge is 0.480 e. The smallest absolute Gasteiger partial charge is 0.320 e. The van der Waals surface area contributed by atoms with Gasteiger partial charge in [0.15, 0.2) is 5.96 Å². The highest BCUT2D eigenvalue weighted by molar-refractivity contribution is 5.75. The van der Waals surface area contributed by atoms with Crippen molar-refractivity contribution in [3.05, 3.63) is 0 Å². The molecule has 0 aromatic carbocycles. The minimum atomic E-state index is -1.01. The van der Waals surface area contributed by atoms with E-state index in [1.807, 2.05) is 0 Å². The minimum absolute atomic E-state index is 0.0322. The molecule has 0 radical (unpaired) electrons. The normalized spacial score (nSPS) is 13.5. The van der Waals surface area contributed by atoms with E-state index in [0.29, 0.717) is 26.2 Å². The van der Waals surface area contributed by atoms with Gasteiger partial charge in [-0.05, 0) is 25.7 Å². The highest BCUT2D eigenvalue weighted by atomic mass is 16.5. The van der Waals surface area contributed by atoms with E-state index in [9.17, 15) is 20.1 Å². The Bertz CT molecular complexity index is 715. The van der Waals surface area contributed by atoms with E-state index in [0.717, 1.165) is 25.7 Å². The van der Waals surface area contributed by atoms with Crippen molar-refractivity contribution in [2.24, 2.45) is 16.5 Å². The zero-order chi connectivity index (χ0) is 36.9. The number of hydrogen-bond donors (Lipinski definition) is 5. The van der Waals surface area contributed by atoms with Gasteiger partial charge in [-0.15, -0.1) is 0 Å². The maximum Gasteiger partial charge on any atom is 0.320 e. The molecule has 0 aliphatic rings. The maximum absolute atomic E-state index is 12.3. The van der Waals surface area contributed by atoms with Crippen LogP contribution in [0.3, 0.4) is 0 Å². The van der Waals surface area contributed by atoms with Gasteiger partial charge in [0.25, 0.3) is 0 Å². The van der Waals surface area contributed by atoms with Gasteiger partial charge >= 0.3 is 5.97 Å². The van der Waals surface area contributed by atoms with Gasteiger partial charge in [0.1, 0.15) is 6.04 Å². The molecule has 0 saturated carbocycles. The van der Waals surface area contributed by atoms with Crippen LogP contribution in [0.15, 0.2) is 4.99 Å². The number of nitrogens with two attached hydrogens (primary N) is 2. The second-order valence-electron chi connectivity index (χ2n) is 14.5. The Balaban J connectivity index is 4.40. The minimum Gasteiger partial charge on any atom is -0.480 e. The topological polar surface area (TPSA) is 164 Å². The summed E-state index contributed by atoms with van der Waals surface area (Å²) in [5, 5.41) is 31.6. The molecule has 0 heterocycles. The Kier molecular flexibility index (Phi) is 36.2. The van der Waals surface area contributed by atoms with Crippen molar-refractivity contribution >= 4 is 11.9 Å². The Morgan fingerprint density at radius 1 is 0.580 bits per heavy atom. The van der Waals surface area contributed by atoms with Gasteiger partial charge in [-0.1, -0.05) is 155 Å². The van der Waals surface area contributed by atoms with Gasteiger partial charge in [0.05, 0.1) is 25.4 Å². The average Bonchev–Trinajstić information content (AvgIpc) is 3.08. The van der Waals surface area contributed by atoms with E-state index in [1.165, 1.54) is 128 Å². The summed E-state index contributed by atoms with van der Waals surface area (Å²) < 4.78 is 11.5. The van der Waals surface area contributed by atoms with E-state index in [4.69, 9.17) is 20.9 Å². The van der Waals surface area contributed by atoms with Crippen LogP contribution in [0.25, 0.3) is 0 Å². The van der Waals surface area contributed by atoms with E-state index < -0.39 is 24.2 Å². The van der Waals surface area contributed by atoms with Gasteiger partial charge < -0.3 is 36.3 Å². The third kappa shape index (κ3) is 33.7. The molecule has 0 fully saturated rings. The number of carboxylic acids is 1. The van der Waals surface area contributed by atoms with E-state index >= 15 is 0 Å². The highest BCUT2D eigenvalue weighted by Gasteiger charge is 2.29. The van der Waals surface area contributed by atoms with Crippen molar-refractivity contribution in [3.63, 3.8) is 0 Å². The first-order valence-corrected chi connectivity index (χ1v) is 20.9. The molecule has 0 saturated heterocycles. The lowest BCUT2D eigenvalue weighted by molar-refractivity contribution is -0.145. The average molecular weight is 715 g/mol. The maximum atomic E-state index is 12.3. The molecule has 0 amide bonds. The number of ether oxygens (including phenoxy) is 2. The molecular formula is C40H82N4O6. The number of aliphatic hydroxyl groups excluding tert-OH is 2. The van der Waals surface area contributed by atoms with Crippen LogP contribution in [0.2, 0.25) is 0 Å². The number of hydrogen-bond acceptors (Lipinski definition) is 7. The van der Waals surface area contributed by atoms with E-state index in [-0.39, 0.29) is 38.7 Å². The van der Waals surface area contributed by atoms with Gasteiger partial charge in [-0.25, -0.2) is 0 Å². The lowest BCUT2D eigenvalue weighted by atomic mass is 10.1. The number of carbonyl (C=O) groups is 1. The number of aliphatic hydroxyl groups is 2. The van der Waals surface area contributed by atoms with Crippen LogP contribution in [0.4, 0.5) is 0 Å². The summed E-state index contributed by atoms with van der Waals surface area (Å²) in [6, 6.07) is -0.902. The molecule has 10 nitrogen and oxygen atoms in total. The Morgan fingerprint density at radius 2 is 0.920 bits per heavy atom. The van der Waals surface area contributed by atoms with Gasteiger partial charge in [-0.2, -0.15) is 0 Å². The fraction of sp³-hybridized carbons (Fsp3) is 0.950. The molecule has 50 heavy (non-hydrogen) atoms. The third-order valence-corrected chi connectivity index (χ3v) is 9.45. The van der Waals surface area contributed by atoms with Crippen LogP contribution in [-0.2, 0) is 14.3 Å². The quantitative estimate of drug-likeness (QED) is 0.0241. The van der Waals surface area contributed by atoms with Crippen LogP contribution in [0.1, 0.15) is 181 Å². The molecule has 298 valence electrons. The fourth-order valence-corrected chi connectivity index (χ4v) is 6.46. The number of carboxylic acid groups (broad SMARTS) is 1. The first-order valence-electron chi connectivity index (χ1n) is 20.9. The van der Waals surface area contributed by atoms with Crippen molar-refractivity contribution in [3.8, 4) is 0 Å². The molecule has 7 N–H and O–H groups in total. The van der Waals surface area contributed by atoms with Crippen LogP contribution in [-0.4, -0.2) is 96.5 Å². The van der Waals surface area contributed by atoms with Gasteiger partial charge in [-0.3, -0.25) is 14.7 Å². The van der Waals surface area contributed by atoms with Crippen molar-refractivity contribution in [2.45, 2.75) is 199 Å². The summed E-state index contributed by atoms with van der Waals surface area (Å²) >= 11 is 0. The summed E-state index contributed by atoms with van der Waals surface area (Å²) in [4.78, 5) is 17.9. The molecule has 0 rings (SSSR count). The Hall–Kier alpha value is -1.46. The zero-order valence-corrected chi connectivity index (χ0v) is 32.7. The van der Waals surface area contributed by atoms with E-state index in [2.05, 4.69) is 18.8 Å². The van der Waals surface area contributed by atoms with Crippen molar-refractivity contribution < 1.29 is 29.6 Å². The molecular weight excluding hydrogens is 632 g/mol. The number of nitrogens with zero attached hydrogens (tertiary/aromatic N) is 2. The highest BCUT2D eigenvalue weighted by Crippen LogP contribution is 2.15. The Morgan fingerprint density at radius 3 is 1.24 bits per heavy atom. The molecule has 0 aliphatic carbocycles. The van der Waals surface area contributed by atoms with E-state index in [1.54, 1.807) is 4.90 Å². The lowest BCUT2D eigenvalue weighted by Crippen LogP contribution is -2.49. The summed E-state index contributed by atoms with van der Waals surface area (Å²) in [5.74, 6) is -1.04. The van der Waals surface area contributed by atoms with Crippen LogP contribution < -0.4 is 11.5 Å². The predicted octanol–water partition coefficient (Wildman–Crippen LogP) is 7.95. The third-order valence-electron chi connectivity index (χ3n) is 9.45. The number of guanidine groups is 1. The van der Waals surface area contributed by atoms with Crippen molar-refractivity contribution in [1.29, 1.82) is 0 Å². The number of unbranched alkanes of at least 4 members (excludes halogenated alkanes) is 22. The lowest BCUT2D eigenvalue weighted by Gasteiger charge is -2.32. The number of rotatable bonds is 40. The molecule has 3 atom stereocenters. The molecule has 0 aliphatic heterocycles. The number of aliphatic imine (C=N–C) groups is 1. The van der Waals surface area contributed by atoms with Gasteiger partial charge in [0, 0.05) is 32.8 Å². The zero-order valence-electron chi connectivity index (χ0n) is 32.7. The second kappa shape index (κ2) is 37.3. The number of aliphatic carboxylic acids is 1. The molecule has 0 aromatic rings. The summed E-state index contributed by atoms with van der Waals surface area (Å²) in [6.07, 6.45) is 29.6. The van der Waals surface area contributed by atoms with Crippen LogP contribution in [0, 0.1) is 0 Å². The SMILES string of the molecule is CCCCCCCCCCCCCCOCC(O)CN(CC(O)COCCCCCCCCCCCCCC)[C@@H](CCCN=C(N)N)C(=O)O. The predicted molar refractivity (Wildman–Crippen MR) is 209 cm³/mol. The first kappa shape index (κ1) is 48.5. The summed E-state index contributed by atoms with van der Waals surface area (Å²) in [7, 11) is 0. The van der Waals surface area contributed by atoms with Crippen LogP contribution in [0.5, 0.6) is 0 Å². The second-order valence-corrected chi connectivity index (χ2v) is 14.5. The summed E-state index contributed by atoms with van der Waals surface area (Å²) in [5.41, 5.74) is 10.8. The molecule has 0 aromatic heterocycles. The fourth-order valence-electron chi connectivity index (χ4n) is 6.46. The molecule has 0 spiro atoms. The molecule has 2 unspecified atom stereocenters. The molecule has 10 heteroatoms. The van der Waals surface area contributed by atoms with Gasteiger partial charge in [0.2, 0.25) is 0 Å².